The Morgan fingerprint density at radius 3 is 2.74 bits per heavy atom. The fraction of sp³-hybridized carbons (Fsp3) is 0.214. The second kappa shape index (κ2) is 5.58. The lowest BCUT2D eigenvalue weighted by Crippen LogP contribution is -2.18. The molecule has 19 heavy (non-hydrogen) atoms. The van der Waals surface area contributed by atoms with Gasteiger partial charge in [-0.3, -0.25) is 15.1 Å². The van der Waals surface area contributed by atoms with Gasteiger partial charge in [0.25, 0.3) is 5.69 Å². The third kappa shape index (κ3) is 3.35. The van der Waals surface area contributed by atoms with Crippen molar-refractivity contribution in [2.24, 2.45) is 5.73 Å². The topological polar surface area (TPSA) is 82.0 Å². The average molecular weight is 257 g/mol. The molecule has 0 spiro atoms. The Morgan fingerprint density at radius 1 is 1.32 bits per heavy atom. The van der Waals surface area contributed by atoms with Crippen LogP contribution in [0, 0.1) is 10.1 Å². The molecule has 0 aliphatic heterocycles. The SMILES string of the molecule is CC(N)Cc1cccc(-c2cccc([N+](=O)[O-])c2)n1. The molecule has 2 N–H and O–H groups in total. The summed E-state index contributed by atoms with van der Waals surface area (Å²) in [6.07, 6.45) is 0.683. The molecule has 0 radical (unpaired) electrons. The van der Waals surface area contributed by atoms with Gasteiger partial charge in [0, 0.05) is 35.9 Å². The quantitative estimate of drug-likeness (QED) is 0.674. The van der Waals surface area contributed by atoms with E-state index in [4.69, 9.17) is 5.73 Å². The molecule has 5 heteroatoms. The molecule has 1 atom stereocenters. The van der Waals surface area contributed by atoms with E-state index in [0.29, 0.717) is 6.42 Å². The Labute approximate surface area is 111 Å². The first-order chi connectivity index (χ1) is 9.06. The molecule has 0 aliphatic rings. The van der Waals surface area contributed by atoms with Gasteiger partial charge in [0.2, 0.25) is 0 Å². The molecule has 5 nitrogen and oxygen atoms in total. The average Bonchev–Trinajstić information content (AvgIpc) is 2.38. The summed E-state index contributed by atoms with van der Waals surface area (Å²) in [6.45, 7) is 1.92. The molecule has 2 rings (SSSR count). The Morgan fingerprint density at radius 2 is 2.05 bits per heavy atom. The molecule has 0 bridgehead atoms. The molecular formula is C14H15N3O2. The minimum atomic E-state index is -0.407. The maximum atomic E-state index is 10.8. The maximum absolute atomic E-state index is 10.8. The van der Waals surface area contributed by atoms with Crippen molar-refractivity contribution in [3.63, 3.8) is 0 Å². The van der Waals surface area contributed by atoms with Crippen LogP contribution in [0.15, 0.2) is 42.5 Å². The molecule has 1 aromatic heterocycles. The van der Waals surface area contributed by atoms with Crippen LogP contribution in [0.1, 0.15) is 12.6 Å². The molecule has 0 amide bonds. The Balaban J connectivity index is 2.36. The van der Waals surface area contributed by atoms with Gasteiger partial charge in [-0.2, -0.15) is 0 Å². The van der Waals surface area contributed by atoms with Crippen molar-refractivity contribution in [1.29, 1.82) is 0 Å². The predicted molar refractivity (Wildman–Crippen MR) is 73.7 cm³/mol. The minimum Gasteiger partial charge on any atom is -0.328 e. The first kappa shape index (κ1) is 13.2. The van der Waals surface area contributed by atoms with Gasteiger partial charge in [-0.05, 0) is 19.1 Å². The van der Waals surface area contributed by atoms with Crippen molar-refractivity contribution in [3.8, 4) is 11.3 Å². The van der Waals surface area contributed by atoms with Gasteiger partial charge in [-0.25, -0.2) is 0 Å². The fourth-order valence-electron chi connectivity index (χ4n) is 1.86. The highest BCUT2D eigenvalue weighted by atomic mass is 16.6. The third-order valence-electron chi connectivity index (χ3n) is 2.69. The van der Waals surface area contributed by atoms with Crippen LogP contribution < -0.4 is 5.73 Å². The Kier molecular flexibility index (Phi) is 3.87. The van der Waals surface area contributed by atoms with E-state index in [1.807, 2.05) is 31.2 Å². The summed E-state index contributed by atoms with van der Waals surface area (Å²) in [7, 11) is 0. The van der Waals surface area contributed by atoms with Crippen LogP contribution in [0.5, 0.6) is 0 Å². The lowest BCUT2D eigenvalue weighted by Gasteiger charge is -2.07. The van der Waals surface area contributed by atoms with Gasteiger partial charge in [-0.1, -0.05) is 18.2 Å². The second-order valence-electron chi connectivity index (χ2n) is 4.50. The van der Waals surface area contributed by atoms with Crippen LogP contribution in [-0.2, 0) is 6.42 Å². The summed E-state index contributed by atoms with van der Waals surface area (Å²) in [5, 5.41) is 10.8. The monoisotopic (exact) mass is 257 g/mol. The minimum absolute atomic E-state index is 0.0351. The normalized spacial score (nSPS) is 12.1. The number of aromatic nitrogens is 1. The van der Waals surface area contributed by atoms with Crippen molar-refractivity contribution in [2.75, 3.05) is 0 Å². The zero-order chi connectivity index (χ0) is 13.8. The van der Waals surface area contributed by atoms with Gasteiger partial charge >= 0.3 is 0 Å². The Hall–Kier alpha value is -2.27. The molecule has 0 saturated carbocycles. The number of nitrogens with two attached hydrogens (primary N) is 1. The molecule has 2 aromatic rings. The number of benzene rings is 1. The van der Waals surface area contributed by atoms with Gasteiger partial charge in [0.05, 0.1) is 10.6 Å². The molecule has 0 fully saturated rings. The number of hydrogen-bond acceptors (Lipinski definition) is 4. The highest BCUT2D eigenvalue weighted by Gasteiger charge is 2.08. The van der Waals surface area contributed by atoms with Crippen LogP contribution in [0.3, 0.4) is 0 Å². The van der Waals surface area contributed by atoms with Crippen molar-refractivity contribution in [1.82, 2.24) is 4.98 Å². The molecule has 98 valence electrons. The molecule has 1 heterocycles. The van der Waals surface area contributed by atoms with Crippen LogP contribution in [0.25, 0.3) is 11.3 Å². The van der Waals surface area contributed by atoms with Crippen molar-refractivity contribution < 1.29 is 4.92 Å². The van der Waals surface area contributed by atoms with E-state index in [-0.39, 0.29) is 11.7 Å². The molecule has 0 aliphatic carbocycles. The van der Waals surface area contributed by atoms with E-state index in [0.717, 1.165) is 17.0 Å². The van der Waals surface area contributed by atoms with E-state index in [9.17, 15) is 10.1 Å². The fourth-order valence-corrected chi connectivity index (χ4v) is 1.86. The number of nitro benzene ring substituents is 1. The zero-order valence-corrected chi connectivity index (χ0v) is 10.6. The highest BCUT2D eigenvalue weighted by molar-refractivity contribution is 5.62. The summed E-state index contributed by atoms with van der Waals surface area (Å²) in [6, 6.07) is 12.1. The molecule has 1 aromatic carbocycles. The molecule has 0 saturated heterocycles. The lowest BCUT2D eigenvalue weighted by molar-refractivity contribution is -0.384. The number of non-ortho nitro benzene ring substituents is 1. The summed E-state index contributed by atoms with van der Waals surface area (Å²) in [4.78, 5) is 14.8. The lowest BCUT2D eigenvalue weighted by atomic mass is 10.1. The first-order valence-electron chi connectivity index (χ1n) is 6.02. The number of hydrogen-bond donors (Lipinski definition) is 1. The maximum Gasteiger partial charge on any atom is 0.270 e. The number of rotatable bonds is 4. The summed E-state index contributed by atoms with van der Waals surface area (Å²) < 4.78 is 0. The number of nitrogens with zero attached hydrogens (tertiary/aromatic N) is 2. The summed E-state index contributed by atoms with van der Waals surface area (Å²) >= 11 is 0. The highest BCUT2D eigenvalue weighted by Crippen LogP contribution is 2.22. The van der Waals surface area contributed by atoms with Crippen LogP contribution in [0.4, 0.5) is 5.69 Å². The number of nitro groups is 1. The van der Waals surface area contributed by atoms with E-state index in [1.165, 1.54) is 12.1 Å². The predicted octanol–water partition coefficient (Wildman–Crippen LogP) is 2.55. The van der Waals surface area contributed by atoms with E-state index >= 15 is 0 Å². The first-order valence-corrected chi connectivity index (χ1v) is 6.02. The van der Waals surface area contributed by atoms with Gasteiger partial charge < -0.3 is 5.73 Å². The van der Waals surface area contributed by atoms with Gasteiger partial charge in [0.15, 0.2) is 0 Å². The van der Waals surface area contributed by atoms with Gasteiger partial charge in [-0.15, -0.1) is 0 Å². The van der Waals surface area contributed by atoms with Crippen molar-refractivity contribution >= 4 is 5.69 Å². The van der Waals surface area contributed by atoms with E-state index in [1.54, 1.807) is 6.07 Å². The van der Waals surface area contributed by atoms with Crippen LogP contribution in [-0.4, -0.2) is 15.9 Å². The van der Waals surface area contributed by atoms with Crippen LogP contribution >= 0.6 is 0 Å². The number of pyridine rings is 1. The van der Waals surface area contributed by atoms with Gasteiger partial charge in [0.1, 0.15) is 0 Å². The van der Waals surface area contributed by atoms with Crippen LogP contribution in [0.2, 0.25) is 0 Å². The molecule has 1 unspecified atom stereocenters. The molecular weight excluding hydrogens is 242 g/mol. The zero-order valence-electron chi connectivity index (χ0n) is 10.6. The summed E-state index contributed by atoms with van der Waals surface area (Å²) in [5.74, 6) is 0. The standard InChI is InChI=1S/C14H15N3O2/c1-10(15)8-12-5-3-7-14(16-12)11-4-2-6-13(9-11)17(18)19/h2-7,9-10H,8,15H2,1H3. The largest absolute Gasteiger partial charge is 0.328 e. The third-order valence-corrected chi connectivity index (χ3v) is 2.69. The van der Waals surface area contributed by atoms with E-state index < -0.39 is 4.92 Å². The Bertz CT molecular complexity index is 597. The smallest absolute Gasteiger partial charge is 0.270 e. The van der Waals surface area contributed by atoms with Crippen molar-refractivity contribution in [2.45, 2.75) is 19.4 Å². The summed E-state index contributed by atoms with van der Waals surface area (Å²) in [5.41, 5.74) is 8.16. The van der Waals surface area contributed by atoms with E-state index in [2.05, 4.69) is 4.98 Å². The second-order valence-corrected chi connectivity index (χ2v) is 4.50. The van der Waals surface area contributed by atoms with Crippen molar-refractivity contribution in [3.05, 3.63) is 58.3 Å².